The lowest BCUT2D eigenvalue weighted by Gasteiger charge is -2.19. The average Bonchev–Trinajstić information content (AvgIpc) is 2.92. The molecule has 6 heteroatoms. The monoisotopic (exact) mass is 290 g/mol. The highest BCUT2D eigenvalue weighted by molar-refractivity contribution is 5.29. The molecule has 0 spiro atoms. The van der Waals surface area contributed by atoms with Crippen molar-refractivity contribution in [3.8, 4) is 11.5 Å². The van der Waals surface area contributed by atoms with Crippen LogP contribution in [0.2, 0.25) is 0 Å². The largest absolute Gasteiger partial charge is 0.493 e. The Morgan fingerprint density at radius 1 is 1.33 bits per heavy atom. The molecule has 0 bridgehead atoms. The molecule has 21 heavy (non-hydrogen) atoms. The molecule has 0 aliphatic rings. The van der Waals surface area contributed by atoms with E-state index in [1.165, 1.54) is 0 Å². The van der Waals surface area contributed by atoms with Gasteiger partial charge in [0.05, 0.1) is 13.3 Å². The van der Waals surface area contributed by atoms with Crippen molar-refractivity contribution < 1.29 is 9.47 Å². The zero-order valence-corrected chi connectivity index (χ0v) is 12.5. The number of hydrogen-bond acceptors (Lipinski definition) is 5. The minimum atomic E-state index is -0.200. The number of nitrogens with two attached hydrogens (primary N) is 1. The van der Waals surface area contributed by atoms with E-state index < -0.39 is 0 Å². The van der Waals surface area contributed by atoms with E-state index in [1.807, 2.05) is 35.0 Å². The second-order valence-corrected chi connectivity index (χ2v) is 4.66. The van der Waals surface area contributed by atoms with E-state index in [4.69, 9.17) is 15.3 Å². The summed E-state index contributed by atoms with van der Waals surface area (Å²) in [5.74, 6) is 7.21. The SMILES string of the molecule is CCCn1ncc(OC)c1C(COc1ccccc1)NN. The average molecular weight is 290 g/mol. The number of nitrogens with zero attached hydrogens (tertiary/aromatic N) is 2. The number of hydrogen-bond donors (Lipinski definition) is 2. The first-order valence-corrected chi connectivity index (χ1v) is 7.03. The molecule has 1 unspecified atom stereocenters. The Kier molecular flexibility index (Phi) is 5.59. The highest BCUT2D eigenvalue weighted by atomic mass is 16.5. The van der Waals surface area contributed by atoms with Crippen LogP contribution in [0.1, 0.15) is 25.1 Å². The van der Waals surface area contributed by atoms with Gasteiger partial charge < -0.3 is 9.47 Å². The van der Waals surface area contributed by atoms with Gasteiger partial charge in [-0.25, -0.2) is 5.43 Å². The lowest BCUT2D eigenvalue weighted by Crippen LogP contribution is -2.34. The van der Waals surface area contributed by atoms with Gasteiger partial charge in [0, 0.05) is 6.54 Å². The lowest BCUT2D eigenvalue weighted by atomic mass is 10.2. The third-order valence-corrected chi connectivity index (χ3v) is 3.19. The molecule has 1 heterocycles. The molecule has 1 atom stereocenters. The van der Waals surface area contributed by atoms with E-state index in [0.717, 1.165) is 24.4 Å². The predicted molar refractivity (Wildman–Crippen MR) is 81.1 cm³/mol. The molecule has 0 amide bonds. The van der Waals surface area contributed by atoms with Gasteiger partial charge in [0.1, 0.15) is 24.1 Å². The van der Waals surface area contributed by atoms with Crippen molar-refractivity contribution in [2.75, 3.05) is 13.7 Å². The molecule has 0 saturated carbocycles. The normalized spacial score (nSPS) is 12.1. The van der Waals surface area contributed by atoms with Gasteiger partial charge in [0.2, 0.25) is 0 Å². The maximum absolute atomic E-state index is 5.78. The van der Waals surface area contributed by atoms with Crippen LogP contribution in [-0.4, -0.2) is 23.5 Å². The summed E-state index contributed by atoms with van der Waals surface area (Å²) < 4.78 is 13.0. The maximum Gasteiger partial charge on any atom is 0.161 e. The van der Waals surface area contributed by atoms with Gasteiger partial charge in [-0.2, -0.15) is 5.10 Å². The fourth-order valence-corrected chi connectivity index (χ4v) is 2.18. The minimum Gasteiger partial charge on any atom is -0.493 e. The summed E-state index contributed by atoms with van der Waals surface area (Å²) in [6.45, 7) is 3.30. The van der Waals surface area contributed by atoms with E-state index in [9.17, 15) is 0 Å². The summed E-state index contributed by atoms with van der Waals surface area (Å²) in [5.41, 5.74) is 3.68. The number of aryl methyl sites for hydroxylation is 1. The highest BCUT2D eigenvalue weighted by Gasteiger charge is 2.21. The number of ether oxygens (including phenoxy) is 2. The third-order valence-electron chi connectivity index (χ3n) is 3.19. The molecular formula is C15H22N4O2. The Hall–Kier alpha value is -2.05. The molecule has 0 radical (unpaired) electrons. The summed E-state index contributed by atoms with van der Waals surface area (Å²) in [6.07, 6.45) is 2.69. The van der Waals surface area contributed by atoms with Gasteiger partial charge in [0.25, 0.3) is 0 Å². The van der Waals surface area contributed by atoms with Gasteiger partial charge in [-0.15, -0.1) is 0 Å². The summed E-state index contributed by atoms with van der Waals surface area (Å²) in [6, 6.07) is 9.44. The van der Waals surface area contributed by atoms with Crippen molar-refractivity contribution in [2.24, 2.45) is 5.84 Å². The molecule has 6 nitrogen and oxygen atoms in total. The first kappa shape index (κ1) is 15.3. The van der Waals surface area contributed by atoms with E-state index in [2.05, 4.69) is 17.4 Å². The Bertz CT molecular complexity index is 542. The first-order chi connectivity index (χ1) is 10.3. The van der Waals surface area contributed by atoms with Crippen molar-refractivity contribution in [1.82, 2.24) is 15.2 Å². The third kappa shape index (κ3) is 3.74. The van der Waals surface area contributed by atoms with Crippen LogP contribution < -0.4 is 20.7 Å². The number of benzene rings is 1. The highest BCUT2D eigenvalue weighted by Crippen LogP contribution is 2.25. The van der Waals surface area contributed by atoms with E-state index in [1.54, 1.807) is 13.3 Å². The van der Waals surface area contributed by atoms with Crippen LogP contribution in [0.5, 0.6) is 11.5 Å². The van der Waals surface area contributed by atoms with E-state index in [-0.39, 0.29) is 6.04 Å². The Morgan fingerprint density at radius 2 is 2.10 bits per heavy atom. The second-order valence-electron chi connectivity index (χ2n) is 4.66. The van der Waals surface area contributed by atoms with Crippen LogP contribution >= 0.6 is 0 Å². The predicted octanol–water partition coefficient (Wildman–Crippen LogP) is 1.89. The standard InChI is InChI=1S/C15H22N4O2/c1-3-9-19-15(14(20-2)10-17-19)13(18-16)11-21-12-7-5-4-6-8-12/h4-8,10,13,18H,3,9,11,16H2,1-2H3. The molecular weight excluding hydrogens is 268 g/mol. The molecule has 1 aromatic carbocycles. The van der Waals surface area contributed by atoms with Crippen LogP contribution in [-0.2, 0) is 6.54 Å². The summed E-state index contributed by atoms with van der Waals surface area (Å²) in [7, 11) is 1.63. The van der Waals surface area contributed by atoms with Gasteiger partial charge in [0.15, 0.2) is 5.75 Å². The van der Waals surface area contributed by atoms with Crippen LogP contribution in [0, 0.1) is 0 Å². The number of para-hydroxylation sites is 1. The molecule has 0 aliphatic carbocycles. The number of aromatic nitrogens is 2. The van der Waals surface area contributed by atoms with Crippen LogP contribution in [0.15, 0.2) is 36.5 Å². The number of methoxy groups -OCH3 is 1. The molecule has 0 fully saturated rings. The fraction of sp³-hybridized carbons (Fsp3) is 0.400. The molecule has 114 valence electrons. The molecule has 1 aromatic heterocycles. The molecule has 3 N–H and O–H groups in total. The van der Waals surface area contributed by atoms with E-state index >= 15 is 0 Å². The summed E-state index contributed by atoms with van der Waals surface area (Å²) >= 11 is 0. The molecule has 2 rings (SSSR count). The number of hydrazine groups is 1. The molecule has 0 aliphatic heterocycles. The van der Waals surface area contributed by atoms with Crippen molar-refractivity contribution >= 4 is 0 Å². The fourth-order valence-electron chi connectivity index (χ4n) is 2.18. The Morgan fingerprint density at radius 3 is 2.71 bits per heavy atom. The zero-order chi connectivity index (χ0) is 15.1. The van der Waals surface area contributed by atoms with Crippen LogP contribution in [0.4, 0.5) is 0 Å². The Labute approximate surface area is 124 Å². The van der Waals surface area contributed by atoms with Crippen LogP contribution in [0.25, 0.3) is 0 Å². The van der Waals surface area contributed by atoms with Crippen LogP contribution in [0.3, 0.4) is 0 Å². The number of nitrogens with one attached hydrogen (secondary N) is 1. The smallest absolute Gasteiger partial charge is 0.161 e. The van der Waals surface area contributed by atoms with E-state index in [0.29, 0.717) is 12.4 Å². The lowest BCUT2D eigenvalue weighted by molar-refractivity contribution is 0.255. The van der Waals surface area contributed by atoms with Crippen molar-refractivity contribution in [2.45, 2.75) is 25.9 Å². The number of rotatable bonds is 8. The van der Waals surface area contributed by atoms with Gasteiger partial charge >= 0.3 is 0 Å². The molecule has 2 aromatic rings. The van der Waals surface area contributed by atoms with Gasteiger partial charge in [-0.05, 0) is 18.6 Å². The minimum absolute atomic E-state index is 0.200. The van der Waals surface area contributed by atoms with Crippen molar-refractivity contribution in [3.63, 3.8) is 0 Å². The maximum atomic E-state index is 5.78. The first-order valence-electron chi connectivity index (χ1n) is 7.03. The topological polar surface area (TPSA) is 74.3 Å². The zero-order valence-electron chi connectivity index (χ0n) is 12.5. The van der Waals surface area contributed by atoms with Crippen molar-refractivity contribution in [3.05, 3.63) is 42.2 Å². The second kappa shape index (κ2) is 7.66. The van der Waals surface area contributed by atoms with Gasteiger partial charge in [-0.3, -0.25) is 10.5 Å². The summed E-state index contributed by atoms with van der Waals surface area (Å²) in [5, 5.41) is 4.34. The molecule has 0 saturated heterocycles. The Balaban J connectivity index is 2.14. The van der Waals surface area contributed by atoms with Crippen molar-refractivity contribution in [1.29, 1.82) is 0 Å². The quantitative estimate of drug-likeness (QED) is 0.573. The van der Waals surface area contributed by atoms with Gasteiger partial charge in [-0.1, -0.05) is 25.1 Å². The summed E-state index contributed by atoms with van der Waals surface area (Å²) in [4.78, 5) is 0.